The van der Waals surface area contributed by atoms with Crippen molar-refractivity contribution in [2.75, 3.05) is 6.54 Å². The third-order valence-electron chi connectivity index (χ3n) is 5.42. The maximum atomic E-state index is 12.9. The molecule has 21 heavy (non-hydrogen) atoms. The lowest BCUT2D eigenvalue weighted by Crippen LogP contribution is -2.45. The van der Waals surface area contributed by atoms with E-state index >= 15 is 0 Å². The van der Waals surface area contributed by atoms with Crippen molar-refractivity contribution in [2.24, 2.45) is 5.92 Å². The first-order valence-electron chi connectivity index (χ1n) is 8.59. The molecule has 2 aliphatic carbocycles. The number of thiazole rings is 1. The molecule has 3 aliphatic rings. The van der Waals surface area contributed by atoms with Crippen molar-refractivity contribution >= 4 is 17.2 Å². The second-order valence-corrected chi connectivity index (χ2v) is 7.84. The van der Waals surface area contributed by atoms with E-state index in [9.17, 15) is 4.79 Å². The van der Waals surface area contributed by atoms with Gasteiger partial charge < -0.3 is 4.90 Å². The topological polar surface area (TPSA) is 33.2 Å². The van der Waals surface area contributed by atoms with Gasteiger partial charge in [-0.1, -0.05) is 19.3 Å². The molecule has 0 aromatic carbocycles. The summed E-state index contributed by atoms with van der Waals surface area (Å²) >= 11 is 1.69. The van der Waals surface area contributed by atoms with Gasteiger partial charge in [0, 0.05) is 23.9 Å². The van der Waals surface area contributed by atoms with Crippen molar-refractivity contribution in [1.82, 2.24) is 9.88 Å². The highest BCUT2D eigenvalue weighted by atomic mass is 32.1. The summed E-state index contributed by atoms with van der Waals surface area (Å²) < 4.78 is 0. The van der Waals surface area contributed by atoms with E-state index in [1.807, 2.05) is 5.38 Å². The SMILES string of the molecule is O=C(c1csc(C2CC2)n1)N1CCCC[C@@H]2CCCC[C@H]21. The fourth-order valence-electron chi connectivity index (χ4n) is 4.09. The predicted octanol–water partition coefficient (Wildman–Crippen LogP) is 4.21. The van der Waals surface area contributed by atoms with E-state index in [0.29, 0.717) is 17.7 Å². The number of likely N-dealkylation sites (tertiary alicyclic amines) is 1. The molecule has 0 unspecified atom stereocenters. The zero-order valence-corrected chi connectivity index (χ0v) is 13.4. The Morgan fingerprint density at radius 3 is 2.67 bits per heavy atom. The van der Waals surface area contributed by atoms with Crippen molar-refractivity contribution in [2.45, 2.75) is 69.7 Å². The third kappa shape index (κ3) is 2.75. The molecule has 1 saturated heterocycles. The summed E-state index contributed by atoms with van der Waals surface area (Å²) in [7, 11) is 0. The molecule has 1 aromatic heterocycles. The molecule has 4 heteroatoms. The van der Waals surface area contributed by atoms with E-state index in [1.165, 1.54) is 62.8 Å². The lowest BCUT2D eigenvalue weighted by atomic mass is 9.81. The Labute approximate surface area is 130 Å². The van der Waals surface area contributed by atoms with Crippen LogP contribution >= 0.6 is 11.3 Å². The first-order chi connectivity index (χ1) is 10.3. The van der Waals surface area contributed by atoms with Crippen molar-refractivity contribution in [3.63, 3.8) is 0 Å². The van der Waals surface area contributed by atoms with Gasteiger partial charge in [-0.25, -0.2) is 4.98 Å². The average Bonchev–Trinajstić information content (AvgIpc) is 3.28. The predicted molar refractivity (Wildman–Crippen MR) is 84.7 cm³/mol. The first kappa shape index (κ1) is 13.7. The van der Waals surface area contributed by atoms with E-state index < -0.39 is 0 Å². The molecule has 2 atom stereocenters. The van der Waals surface area contributed by atoms with Crippen LogP contribution in [0.3, 0.4) is 0 Å². The minimum Gasteiger partial charge on any atom is -0.334 e. The van der Waals surface area contributed by atoms with Crippen molar-refractivity contribution in [3.05, 3.63) is 16.1 Å². The lowest BCUT2D eigenvalue weighted by molar-refractivity contribution is 0.0564. The zero-order chi connectivity index (χ0) is 14.2. The fourth-order valence-corrected chi connectivity index (χ4v) is 5.06. The van der Waals surface area contributed by atoms with Gasteiger partial charge in [-0.05, 0) is 44.4 Å². The second kappa shape index (κ2) is 5.71. The number of amides is 1. The van der Waals surface area contributed by atoms with Gasteiger partial charge in [0.1, 0.15) is 5.69 Å². The van der Waals surface area contributed by atoms with Crippen LogP contribution in [0.1, 0.15) is 79.2 Å². The molecule has 114 valence electrons. The summed E-state index contributed by atoms with van der Waals surface area (Å²) in [4.78, 5) is 19.8. The third-order valence-corrected chi connectivity index (χ3v) is 6.43. The molecule has 1 aliphatic heterocycles. The molecule has 1 amide bonds. The van der Waals surface area contributed by atoms with E-state index in [-0.39, 0.29) is 5.91 Å². The summed E-state index contributed by atoms with van der Waals surface area (Å²) in [6.45, 7) is 0.941. The van der Waals surface area contributed by atoms with Crippen LogP contribution in [0.25, 0.3) is 0 Å². The molecule has 2 heterocycles. The Bertz CT molecular complexity index is 523. The Morgan fingerprint density at radius 2 is 1.86 bits per heavy atom. The highest BCUT2D eigenvalue weighted by Crippen LogP contribution is 2.42. The van der Waals surface area contributed by atoms with Crippen LogP contribution in [0.4, 0.5) is 0 Å². The Kier molecular flexibility index (Phi) is 3.74. The van der Waals surface area contributed by atoms with Gasteiger partial charge in [-0.15, -0.1) is 11.3 Å². The Morgan fingerprint density at radius 1 is 1.10 bits per heavy atom. The summed E-state index contributed by atoms with van der Waals surface area (Å²) in [6.07, 6.45) is 11.5. The van der Waals surface area contributed by atoms with E-state index in [4.69, 9.17) is 0 Å². The molecule has 0 radical (unpaired) electrons. The molecule has 1 aromatic rings. The molecule has 0 spiro atoms. The minimum absolute atomic E-state index is 0.206. The number of fused-ring (bicyclic) bond motifs is 1. The van der Waals surface area contributed by atoms with Gasteiger partial charge >= 0.3 is 0 Å². The zero-order valence-electron chi connectivity index (χ0n) is 12.6. The lowest BCUT2D eigenvalue weighted by Gasteiger charge is -2.38. The molecular weight excluding hydrogens is 280 g/mol. The van der Waals surface area contributed by atoms with Gasteiger partial charge in [-0.2, -0.15) is 0 Å². The standard InChI is InChI=1S/C17H24N2OS/c20-17(14-11-21-16(18-14)13-8-9-13)19-10-4-3-6-12-5-1-2-7-15(12)19/h11-13,15H,1-10H2/t12-,15+/m0/s1. The number of carbonyl (C=O) groups excluding carboxylic acids is 1. The van der Waals surface area contributed by atoms with Crippen LogP contribution in [0.2, 0.25) is 0 Å². The first-order valence-corrected chi connectivity index (χ1v) is 9.47. The molecule has 3 fully saturated rings. The Hall–Kier alpha value is -0.900. The number of rotatable bonds is 2. The monoisotopic (exact) mass is 304 g/mol. The summed E-state index contributed by atoms with van der Waals surface area (Å²) in [5.74, 6) is 1.60. The quantitative estimate of drug-likeness (QED) is 0.820. The molecule has 0 bridgehead atoms. The van der Waals surface area contributed by atoms with Gasteiger partial charge in [-0.3, -0.25) is 4.79 Å². The van der Waals surface area contributed by atoms with Gasteiger partial charge in [0.25, 0.3) is 5.91 Å². The number of hydrogen-bond donors (Lipinski definition) is 0. The second-order valence-electron chi connectivity index (χ2n) is 6.95. The van der Waals surface area contributed by atoms with E-state index in [0.717, 1.165) is 12.5 Å². The van der Waals surface area contributed by atoms with Crippen LogP contribution < -0.4 is 0 Å². The maximum Gasteiger partial charge on any atom is 0.273 e. The largest absolute Gasteiger partial charge is 0.334 e. The smallest absolute Gasteiger partial charge is 0.273 e. The highest BCUT2D eigenvalue weighted by Gasteiger charge is 2.36. The summed E-state index contributed by atoms with van der Waals surface area (Å²) in [6, 6.07) is 0.486. The molecule has 4 rings (SSSR count). The summed E-state index contributed by atoms with van der Waals surface area (Å²) in [5.41, 5.74) is 0.716. The number of nitrogens with zero attached hydrogens (tertiary/aromatic N) is 2. The molecule has 3 nitrogen and oxygen atoms in total. The highest BCUT2D eigenvalue weighted by molar-refractivity contribution is 7.10. The molecule has 0 N–H and O–H groups in total. The van der Waals surface area contributed by atoms with Crippen molar-refractivity contribution in [3.8, 4) is 0 Å². The number of aromatic nitrogens is 1. The van der Waals surface area contributed by atoms with E-state index in [2.05, 4.69) is 9.88 Å². The van der Waals surface area contributed by atoms with Gasteiger partial charge in [0.15, 0.2) is 0 Å². The van der Waals surface area contributed by atoms with Crippen LogP contribution in [-0.2, 0) is 0 Å². The molecular formula is C17H24N2OS. The van der Waals surface area contributed by atoms with Crippen molar-refractivity contribution in [1.29, 1.82) is 0 Å². The fraction of sp³-hybridized carbons (Fsp3) is 0.765. The van der Waals surface area contributed by atoms with Crippen LogP contribution in [0.5, 0.6) is 0 Å². The van der Waals surface area contributed by atoms with Crippen molar-refractivity contribution < 1.29 is 4.79 Å². The number of carbonyl (C=O) groups is 1. The maximum absolute atomic E-state index is 12.9. The minimum atomic E-state index is 0.206. The van der Waals surface area contributed by atoms with Gasteiger partial charge in [0.05, 0.1) is 5.01 Å². The Balaban J connectivity index is 1.55. The summed E-state index contributed by atoms with van der Waals surface area (Å²) in [5, 5.41) is 3.19. The van der Waals surface area contributed by atoms with Gasteiger partial charge in [0.2, 0.25) is 0 Å². The van der Waals surface area contributed by atoms with Crippen LogP contribution in [0.15, 0.2) is 5.38 Å². The van der Waals surface area contributed by atoms with E-state index in [1.54, 1.807) is 11.3 Å². The average molecular weight is 304 g/mol. The van der Waals surface area contributed by atoms with Crippen LogP contribution in [0, 0.1) is 5.92 Å². The number of hydrogen-bond acceptors (Lipinski definition) is 3. The normalized spacial score (nSPS) is 29.8. The van der Waals surface area contributed by atoms with Crippen LogP contribution in [-0.4, -0.2) is 28.4 Å². The molecule has 2 saturated carbocycles.